The van der Waals surface area contributed by atoms with Crippen molar-refractivity contribution in [2.24, 2.45) is 0 Å². The second-order valence-corrected chi connectivity index (χ2v) is 7.66. The molecule has 1 amide bonds. The van der Waals surface area contributed by atoms with E-state index in [0.29, 0.717) is 24.4 Å². The van der Waals surface area contributed by atoms with Crippen molar-refractivity contribution in [2.75, 3.05) is 25.1 Å². The Morgan fingerprint density at radius 1 is 1.39 bits per heavy atom. The van der Waals surface area contributed by atoms with Gasteiger partial charge in [-0.2, -0.15) is 0 Å². The van der Waals surface area contributed by atoms with Crippen LogP contribution < -0.4 is 15.0 Å². The Morgan fingerprint density at radius 3 is 2.89 bits per heavy atom. The molecule has 4 rings (SSSR count). The molecule has 2 N–H and O–H groups in total. The van der Waals surface area contributed by atoms with E-state index in [0.717, 1.165) is 37.1 Å². The van der Waals surface area contributed by atoms with Gasteiger partial charge in [-0.25, -0.2) is 4.39 Å². The summed E-state index contributed by atoms with van der Waals surface area (Å²) < 4.78 is 19.0. The summed E-state index contributed by atoms with van der Waals surface area (Å²) in [7, 11) is 1.56. The number of benzene rings is 1. The average molecular weight is 385 g/mol. The van der Waals surface area contributed by atoms with Crippen molar-refractivity contribution in [1.29, 1.82) is 0 Å². The van der Waals surface area contributed by atoms with E-state index in [9.17, 15) is 14.3 Å². The van der Waals surface area contributed by atoms with Gasteiger partial charge in [-0.1, -0.05) is 0 Å². The highest BCUT2D eigenvalue weighted by Crippen LogP contribution is 2.40. The number of carbonyl (C=O) groups excluding carboxylic acids is 1. The molecular formula is C21H24FN3O3. The van der Waals surface area contributed by atoms with Crippen molar-refractivity contribution in [2.45, 2.75) is 37.3 Å². The van der Waals surface area contributed by atoms with E-state index in [-0.39, 0.29) is 23.4 Å². The minimum Gasteiger partial charge on any atom is -0.496 e. The van der Waals surface area contributed by atoms with Gasteiger partial charge in [0.05, 0.1) is 13.2 Å². The van der Waals surface area contributed by atoms with E-state index >= 15 is 0 Å². The Labute approximate surface area is 163 Å². The Kier molecular flexibility index (Phi) is 4.93. The van der Waals surface area contributed by atoms with Crippen molar-refractivity contribution >= 4 is 11.6 Å². The quantitative estimate of drug-likeness (QED) is 0.798. The Morgan fingerprint density at radius 2 is 2.21 bits per heavy atom. The fourth-order valence-corrected chi connectivity index (χ4v) is 3.77. The second kappa shape index (κ2) is 7.39. The molecule has 0 bridgehead atoms. The molecule has 1 saturated carbocycles. The number of aliphatic hydroxyl groups excluding tert-OH is 1. The molecule has 2 aliphatic rings. The monoisotopic (exact) mass is 385 g/mol. The van der Waals surface area contributed by atoms with Crippen LogP contribution in [0, 0.1) is 5.82 Å². The highest BCUT2D eigenvalue weighted by Gasteiger charge is 2.45. The third-order valence-electron chi connectivity index (χ3n) is 5.51. The minimum absolute atomic E-state index is 0.241. The van der Waals surface area contributed by atoms with Crippen molar-refractivity contribution in [3.05, 3.63) is 53.6 Å². The SMILES string of the molecule is COc1ccc(F)cc1CC1(NC(=O)c2cc(N3CC[C@@H](O)C3)ccn2)CC1. The maximum Gasteiger partial charge on any atom is 0.270 e. The molecule has 2 heterocycles. The van der Waals surface area contributed by atoms with Crippen LogP contribution in [-0.4, -0.2) is 47.8 Å². The zero-order valence-corrected chi connectivity index (χ0v) is 15.8. The second-order valence-electron chi connectivity index (χ2n) is 7.66. The van der Waals surface area contributed by atoms with E-state index in [1.807, 2.05) is 11.0 Å². The number of anilines is 1. The fraction of sp³-hybridized carbons (Fsp3) is 0.429. The molecule has 6 nitrogen and oxygen atoms in total. The highest BCUT2D eigenvalue weighted by atomic mass is 19.1. The number of pyridine rings is 1. The summed E-state index contributed by atoms with van der Waals surface area (Å²) >= 11 is 0. The molecule has 7 heteroatoms. The van der Waals surface area contributed by atoms with Crippen molar-refractivity contribution < 1.29 is 19.0 Å². The number of aliphatic hydroxyl groups is 1. The van der Waals surface area contributed by atoms with Crippen LogP contribution in [0.25, 0.3) is 0 Å². The molecule has 0 spiro atoms. The molecule has 1 aromatic carbocycles. The number of nitrogens with one attached hydrogen (secondary N) is 1. The van der Waals surface area contributed by atoms with Gasteiger partial charge >= 0.3 is 0 Å². The van der Waals surface area contributed by atoms with Gasteiger partial charge in [0.2, 0.25) is 0 Å². The number of β-amino-alcohol motifs (C(OH)–C–C–N with tert-alkyl or cyclic N) is 1. The summed E-state index contributed by atoms with van der Waals surface area (Å²) in [5.74, 6) is 0.0594. The number of halogens is 1. The van der Waals surface area contributed by atoms with Gasteiger partial charge in [0.25, 0.3) is 5.91 Å². The number of methoxy groups -OCH3 is 1. The smallest absolute Gasteiger partial charge is 0.270 e. The number of ether oxygens (including phenoxy) is 1. The molecule has 1 aromatic heterocycles. The van der Waals surface area contributed by atoms with Gasteiger partial charge in [0.1, 0.15) is 17.3 Å². The summed E-state index contributed by atoms with van der Waals surface area (Å²) in [6.07, 6.45) is 4.18. The molecule has 1 saturated heterocycles. The van der Waals surface area contributed by atoms with Gasteiger partial charge in [0, 0.05) is 30.5 Å². The van der Waals surface area contributed by atoms with Crippen LogP contribution in [0.5, 0.6) is 5.75 Å². The first-order valence-corrected chi connectivity index (χ1v) is 9.52. The number of carbonyl (C=O) groups is 1. The van der Waals surface area contributed by atoms with Crippen LogP contribution in [-0.2, 0) is 6.42 Å². The number of rotatable bonds is 6. The summed E-state index contributed by atoms with van der Waals surface area (Å²) in [4.78, 5) is 19.1. The first-order valence-electron chi connectivity index (χ1n) is 9.52. The van der Waals surface area contributed by atoms with Gasteiger partial charge in [-0.15, -0.1) is 0 Å². The zero-order valence-electron chi connectivity index (χ0n) is 15.8. The lowest BCUT2D eigenvalue weighted by Gasteiger charge is -2.20. The third kappa shape index (κ3) is 3.94. The Balaban J connectivity index is 1.47. The van der Waals surface area contributed by atoms with Crippen molar-refractivity contribution in [1.82, 2.24) is 10.3 Å². The Bertz CT molecular complexity index is 885. The number of amides is 1. The maximum atomic E-state index is 13.7. The highest BCUT2D eigenvalue weighted by molar-refractivity contribution is 5.94. The van der Waals surface area contributed by atoms with Crippen LogP contribution in [0.4, 0.5) is 10.1 Å². The molecule has 1 aliphatic carbocycles. The number of hydrogen-bond acceptors (Lipinski definition) is 5. The lowest BCUT2D eigenvalue weighted by atomic mass is 10.0. The topological polar surface area (TPSA) is 74.7 Å². The Hall–Kier alpha value is -2.67. The standard InChI is InChI=1S/C21H24FN3O3/c1-28-19-3-2-15(22)10-14(19)12-21(6-7-21)24-20(27)18-11-16(4-8-23-18)25-9-5-17(26)13-25/h2-4,8,10-11,17,26H,5-7,9,12-13H2,1H3,(H,24,27)/t17-/m1/s1. The van der Waals surface area contributed by atoms with E-state index in [1.54, 1.807) is 25.4 Å². The molecule has 0 unspecified atom stereocenters. The van der Waals surface area contributed by atoms with Gasteiger partial charge in [-0.3, -0.25) is 9.78 Å². The summed E-state index contributed by atoms with van der Waals surface area (Å²) in [5, 5.41) is 12.8. The predicted octanol–water partition coefficient (Wildman–Crippen LogP) is 2.31. The molecule has 1 atom stereocenters. The molecule has 0 radical (unpaired) electrons. The van der Waals surface area contributed by atoms with E-state index in [2.05, 4.69) is 10.3 Å². The average Bonchev–Trinajstić information content (AvgIpc) is 3.29. The van der Waals surface area contributed by atoms with Crippen molar-refractivity contribution in [3.8, 4) is 5.75 Å². The van der Waals surface area contributed by atoms with E-state index in [4.69, 9.17) is 4.74 Å². The number of hydrogen-bond donors (Lipinski definition) is 2. The molecular weight excluding hydrogens is 361 g/mol. The fourth-order valence-electron chi connectivity index (χ4n) is 3.77. The third-order valence-corrected chi connectivity index (χ3v) is 5.51. The number of nitrogens with zero attached hydrogens (tertiary/aromatic N) is 2. The van der Waals surface area contributed by atoms with E-state index < -0.39 is 0 Å². The summed E-state index contributed by atoms with van der Waals surface area (Å²) in [5.41, 5.74) is 1.58. The molecule has 28 heavy (non-hydrogen) atoms. The van der Waals surface area contributed by atoms with Crippen molar-refractivity contribution in [3.63, 3.8) is 0 Å². The summed E-state index contributed by atoms with van der Waals surface area (Å²) in [6.45, 7) is 1.32. The first-order chi connectivity index (χ1) is 13.5. The van der Waals surface area contributed by atoms with Gasteiger partial charge in [-0.05, 0) is 61.6 Å². The zero-order chi connectivity index (χ0) is 19.7. The van der Waals surface area contributed by atoms with Crippen LogP contribution >= 0.6 is 0 Å². The lowest BCUT2D eigenvalue weighted by Crippen LogP contribution is -2.39. The van der Waals surface area contributed by atoms with Crippen LogP contribution in [0.2, 0.25) is 0 Å². The lowest BCUT2D eigenvalue weighted by molar-refractivity contribution is 0.0926. The van der Waals surface area contributed by atoms with Gasteiger partial charge < -0.3 is 20.1 Å². The first kappa shape index (κ1) is 18.7. The molecule has 1 aliphatic heterocycles. The molecule has 2 fully saturated rings. The molecule has 2 aromatic rings. The number of aromatic nitrogens is 1. The van der Waals surface area contributed by atoms with Crippen LogP contribution in [0.1, 0.15) is 35.3 Å². The normalized spacial score (nSPS) is 20.1. The van der Waals surface area contributed by atoms with Gasteiger partial charge in [0.15, 0.2) is 0 Å². The largest absolute Gasteiger partial charge is 0.496 e. The van der Waals surface area contributed by atoms with Crippen LogP contribution in [0.3, 0.4) is 0 Å². The van der Waals surface area contributed by atoms with E-state index in [1.165, 1.54) is 12.1 Å². The maximum absolute atomic E-state index is 13.7. The van der Waals surface area contributed by atoms with Crippen LogP contribution in [0.15, 0.2) is 36.5 Å². The minimum atomic E-state index is -0.389. The molecule has 148 valence electrons. The predicted molar refractivity (Wildman–Crippen MR) is 103 cm³/mol. The summed E-state index contributed by atoms with van der Waals surface area (Å²) in [6, 6.07) is 8.04.